The maximum atomic E-state index is 5.13. The first-order chi connectivity index (χ1) is 8.28. The molecule has 2 rings (SSSR count). The van der Waals surface area contributed by atoms with Gasteiger partial charge in [0.25, 0.3) is 0 Å². The molecule has 2 aromatic heterocycles. The van der Waals surface area contributed by atoms with E-state index >= 15 is 0 Å². The summed E-state index contributed by atoms with van der Waals surface area (Å²) in [7, 11) is 1.57. The summed E-state index contributed by atoms with van der Waals surface area (Å²) in [6.45, 7) is 0. The van der Waals surface area contributed by atoms with Crippen LogP contribution in [0.3, 0.4) is 0 Å². The third-order valence-corrected chi connectivity index (χ3v) is 4.62. The van der Waals surface area contributed by atoms with E-state index in [1.165, 1.54) is 17.7 Å². The molecule has 0 N–H and O–H groups in total. The van der Waals surface area contributed by atoms with E-state index in [4.69, 9.17) is 4.74 Å². The largest absolute Gasteiger partial charge is 0.479 e. The van der Waals surface area contributed by atoms with Gasteiger partial charge in [0.1, 0.15) is 10.7 Å². The minimum atomic E-state index is 0.488. The van der Waals surface area contributed by atoms with Crippen LogP contribution in [0.2, 0.25) is 0 Å². The quantitative estimate of drug-likeness (QED) is 0.625. The van der Waals surface area contributed by atoms with Crippen LogP contribution < -0.4 is 4.74 Å². The van der Waals surface area contributed by atoms with E-state index in [1.807, 2.05) is 12.5 Å². The van der Waals surface area contributed by atoms with Crippen LogP contribution in [-0.2, 0) is 0 Å². The number of thiazole rings is 1. The SMILES string of the molecule is COc1ncnc2sc(N=C(SC)SC)nc12. The molecule has 0 aliphatic heterocycles. The van der Waals surface area contributed by atoms with Crippen molar-refractivity contribution in [3.05, 3.63) is 6.33 Å². The van der Waals surface area contributed by atoms with Crippen molar-refractivity contribution in [2.24, 2.45) is 4.99 Å². The fraction of sp³-hybridized carbons (Fsp3) is 0.333. The number of ether oxygens (including phenoxy) is 1. The molecule has 0 bridgehead atoms. The van der Waals surface area contributed by atoms with Crippen LogP contribution in [0.1, 0.15) is 0 Å². The zero-order chi connectivity index (χ0) is 12.3. The molecule has 0 aliphatic rings. The van der Waals surface area contributed by atoms with Crippen molar-refractivity contribution >= 4 is 54.7 Å². The highest BCUT2D eigenvalue weighted by atomic mass is 32.2. The fourth-order valence-electron chi connectivity index (χ4n) is 1.17. The molecular formula is C9H10N4OS3. The van der Waals surface area contributed by atoms with Crippen LogP contribution in [0.4, 0.5) is 5.13 Å². The molecule has 2 heterocycles. The molecule has 0 spiro atoms. The normalized spacial score (nSPS) is 10.5. The molecule has 0 saturated carbocycles. The molecule has 2 aromatic rings. The predicted octanol–water partition coefficient (Wildman–Crippen LogP) is 2.81. The van der Waals surface area contributed by atoms with Gasteiger partial charge in [0.15, 0.2) is 10.3 Å². The molecule has 0 unspecified atom stereocenters. The van der Waals surface area contributed by atoms with Gasteiger partial charge in [0.05, 0.1) is 7.11 Å². The van der Waals surface area contributed by atoms with Crippen molar-refractivity contribution in [1.82, 2.24) is 15.0 Å². The second-order valence-electron chi connectivity index (χ2n) is 2.82. The number of nitrogens with zero attached hydrogens (tertiary/aromatic N) is 4. The van der Waals surface area contributed by atoms with Gasteiger partial charge in [-0.2, -0.15) is 4.98 Å². The minimum Gasteiger partial charge on any atom is -0.479 e. The summed E-state index contributed by atoms with van der Waals surface area (Å²) in [5, 5.41) is 0.678. The number of methoxy groups -OCH3 is 1. The van der Waals surface area contributed by atoms with Crippen LogP contribution in [-0.4, -0.2) is 38.9 Å². The van der Waals surface area contributed by atoms with Crippen molar-refractivity contribution in [2.75, 3.05) is 19.6 Å². The molecule has 8 heteroatoms. The van der Waals surface area contributed by atoms with E-state index in [9.17, 15) is 0 Å². The van der Waals surface area contributed by atoms with Crippen molar-refractivity contribution in [1.29, 1.82) is 0 Å². The topological polar surface area (TPSA) is 60.3 Å². The van der Waals surface area contributed by atoms with Gasteiger partial charge in [-0.3, -0.25) is 0 Å². The molecule has 0 saturated heterocycles. The summed E-state index contributed by atoms with van der Waals surface area (Å²) in [4.78, 5) is 17.8. The summed E-state index contributed by atoms with van der Waals surface area (Å²) < 4.78 is 6.10. The summed E-state index contributed by atoms with van der Waals surface area (Å²) in [5.74, 6) is 0.488. The first-order valence-corrected chi connectivity index (χ1v) is 7.87. The van der Waals surface area contributed by atoms with Crippen molar-refractivity contribution in [2.45, 2.75) is 0 Å². The number of thioether (sulfide) groups is 2. The molecule has 0 aromatic carbocycles. The van der Waals surface area contributed by atoms with Gasteiger partial charge in [-0.15, -0.1) is 23.5 Å². The van der Waals surface area contributed by atoms with Gasteiger partial charge in [0, 0.05) is 0 Å². The Morgan fingerprint density at radius 2 is 2.12 bits per heavy atom. The Labute approximate surface area is 111 Å². The Hall–Kier alpha value is -0.860. The van der Waals surface area contributed by atoms with Crippen molar-refractivity contribution < 1.29 is 4.74 Å². The summed E-state index contributed by atoms with van der Waals surface area (Å²) in [6, 6.07) is 0. The smallest absolute Gasteiger partial charge is 0.244 e. The number of hydrogen-bond donors (Lipinski definition) is 0. The molecule has 0 amide bonds. The summed E-state index contributed by atoms with van der Waals surface area (Å²) in [5.41, 5.74) is 0.667. The van der Waals surface area contributed by atoms with E-state index in [-0.39, 0.29) is 0 Å². The third-order valence-electron chi connectivity index (χ3n) is 1.88. The third kappa shape index (κ3) is 2.70. The van der Waals surface area contributed by atoms with Crippen LogP contribution in [0.15, 0.2) is 11.3 Å². The highest BCUT2D eigenvalue weighted by Gasteiger charge is 2.10. The van der Waals surface area contributed by atoms with E-state index in [2.05, 4.69) is 19.9 Å². The second-order valence-corrected chi connectivity index (χ2v) is 5.62. The van der Waals surface area contributed by atoms with E-state index in [0.29, 0.717) is 16.5 Å². The Morgan fingerprint density at radius 3 is 2.76 bits per heavy atom. The van der Waals surface area contributed by atoms with Crippen molar-refractivity contribution in [3.8, 4) is 5.88 Å². The zero-order valence-corrected chi connectivity index (χ0v) is 11.9. The lowest BCUT2D eigenvalue weighted by Gasteiger charge is -1.95. The average Bonchev–Trinajstić information content (AvgIpc) is 2.77. The van der Waals surface area contributed by atoms with Crippen LogP contribution >= 0.6 is 34.9 Å². The van der Waals surface area contributed by atoms with Gasteiger partial charge in [0.2, 0.25) is 11.0 Å². The van der Waals surface area contributed by atoms with Crippen LogP contribution in [0, 0.1) is 0 Å². The Bertz CT molecular complexity index is 548. The van der Waals surface area contributed by atoms with Gasteiger partial charge >= 0.3 is 0 Å². The maximum Gasteiger partial charge on any atom is 0.244 e. The van der Waals surface area contributed by atoms with Gasteiger partial charge in [-0.1, -0.05) is 11.3 Å². The number of aromatic nitrogens is 3. The summed E-state index contributed by atoms with van der Waals surface area (Å²) in [6.07, 6.45) is 5.45. The number of aliphatic imine (C=N–C) groups is 1. The average molecular weight is 286 g/mol. The van der Waals surface area contributed by atoms with E-state index in [0.717, 1.165) is 9.21 Å². The Morgan fingerprint density at radius 1 is 1.35 bits per heavy atom. The second kappa shape index (κ2) is 5.65. The maximum absolute atomic E-state index is 5.13. The Balaban J connectivity index is 2.48. The fourth-order valence-corrected chi connectivity index (χ4v) is 3.09. The van der Waals surface area contributed by atoms with Crippen LogP contribution in [0.25, 0.3) is 10.3 Å². The molecule has 0 atom stereocenters. The highest BCUT2D eigenvalue weighted by molar-refractivity contribution is 8.38. The molecular weight excluding hydrogens is 276 g/mol. The lowest BCUT2D eigenvalue weighted by Crippen LogP contribution is -1.89. The zero-order valence-electron chi connectivity index (χ0n) is 9.50. The monoisotopic (exact) mass is 286 g/mol. The van der Waals surface area contributed by atoms with Gasteiger partial charge in [-0.25, -0.2) is 15.0 Å². The highest BCUT2D eigenvalue weighted by Crippen LogP contribution is 2.31. The molecule has 0 radical (unpaired) electrons. The lowest BCUT2D eigenvalue weighted by molar-refractivity contribution is 0.402. The molecule has 0 fully saturated rings. The predicted molar refractivity (Wildman–Crippen MR) is 75.9 cm³/mol. The molecule has 5 nitrogen and oxygen atoms in total. The lowest BCUT2D eigenvalue weighted by atomic mass is 10.5. The summed E-state index contributed by atoms with van der Waals surface area (Å²) >= 11 is 4.62. The minimum absolute atomic E-state index is 0.488. The molecule has 17 heavy (non-hydrogen) atoms. The van der Waals surface area contributed by atoms with E-state index in [1.54, 1.807) is 30.6 Å². The standard InChI is InChI=1S/C9H10N4OS3/c1-14-6-5-7(11-4-10-6)17-8(12-5)13-9(15-2)16-3/h4H,1-3H3. The number of rotatable bonds is 2. The van der Waals surface area contributed by atoms with Gasteiger partial charge in [-0.05, 0) is 12.5 Å². The first-order valence-electron chi connectivity index (χ1n) is 4.60. The molecule has 0 aliphatic carbocycles. The van der Waals surface area contributed by atoms with Crippen LogP contribution in [0.5, 0.6) is 5.88 Å². The van der Waals surface area contributed by atoms with Gasteiger partial charge < -0.3 is 4.74 Å². The number of hydrogen-bond acceptors (Lipinski definition) is 8. The van der Waals surface area contributed by atoms with Crippen molar-refractivity contribution in [3.63, 3.8) is 0 Å². The first kappa shape index (κ1) is 12.6. The number of fused-ring (bicyclic) bond motifs is 1. The van der Waals surface area contributed by atoms with E-state index < -0.39 is 0 Å². The Kier molecular flexibility index (Phi) is 4.19. The molecule has 90 valence electrons.